The zero-order valence-electron chi connectivity index (χ0n) is 15.5. The summed E-state index contributed by atoms with van der Waals surface area (Å²) in [6.07, 6.45) is 3.94. The Kier molecular flexibility index (Phi) is 8.25. The van der Waals surface area contributed by atoms with Gasteiger partial charge < -0.3 is 20.4 Å². The van der Waals surface area contributed by atoms with Crippen LogP contribution in [0.1, 0.15) is 24.8 Å². The van der Waals surface area contributed by atoms with Gasteiger partial charge in [-0.15, -0.1) is 0 Å². The number of rotatable bonds is 7. The van der Waals surface area contributed by atoms with Gasteiger partial charge in [0.05, 0.1) is 13.1 Å². The van der Waals surface area contributed by atoms with Crippen molar-refractivity contribution in [3.63, 3.8) is 0 Å². The summed E-state index contributed by atoms with van der Waals surface area (Å²) in [4.78, 5) is 20.5. The molecule has 1 aliphatic heterocycles. The summed E-state index contributed by atoms with van der Waals surface area (Å²) in [5.41, 5.74) is 1.15. The van der Waals surface area contributed by atoms with E-state index in [0.717, 1.165) is 18.7 Å². The highest BCUT2D eigenvalue weighted by Gasteiger charge is 2.10. The molecule has 0 bridgehead atoms. The van der Waals surface area contributed by atoms with Crippen molar-refractivity contribution in [1.29, 1.82) is 0 Å². The van der Waals surface area contributed by atoms with Crippen molar-refractivity contribution in [2.45, 2.75) is 25.8 Å². The van der Waals surface area contributed by atoms with Crippen molar-refractivity contribution in [1.82, 2.24) is 20.4 Å². The maximum absolute atomic E-state index is 11.8. The van der Waals surface area contributed by atoms with E-state index in [2.05, 4.69) is 32.7 Å². The largest absolute Gasteiger partial charge is 0.355 e. The molecule has 2 rings (SSSR count). The van der Waals surface area contributed by atoms with E-state index in [9.17, 15) is 4.79 Å². The fourth-order valence-corrected chi connectivity index (χ4v) is 2.76. The van der Waals surface area contributed by atoms with Crippen LogP contribution >= 0.6 is 0 Å². The molecule has 2 N–H and O–H groups in total. The molecule has 25 heavy (non-hydrogen) atoms. The number of nitrogens with zero attached hydrogens (tertiary/aromatic N) is 3. The van der Waals surface area contributed by atoms with Crippen LogP contribution in [-0.2, 0) is 11.3 Å². The third-order valence-corrected chi connectivity index (χ3v) is 4.34. The average Bonchev–Trinajstić information content (AvgIpc) is 2.64. The van der Waals surface area contributed by atoms with Crippen molar-refractivity contribution < 1.29 is 4.79 Å². The molecule has 0 aliphatic carbocycles. The molecule has 1 aromatic carbocycles. The Labute approximate surface area is 151 Å². The fourth-order valence-electron chi connectivity index (χ4n) is 2.76. The lowest BCUT2D eigenvalue weighted by Crippen LogP contribution is -2.45. The highest BCUT2D eigenvalue weighted by Crippen LogP contribution is 2.07. The molecule has 0 spiro atoms. The lowest BCUT2D eigenvalue weighted by atomic mass is 10.1. The fraction of sp³-hybridized carbons (Fsp3) is 0.579. The molecule has 0 saturated carbocycles. The van der Waals surface area contributed by atoms with E-state index in [1.807, 2.05) is 18.2 Å². The monoisotopic (exact) mass is 345 g/mol. The number of aliphatic imine (C=N–C) groups is 1. The third-order valence-electron chi connectivity index (χ3n) is 4.34. The molecule has 0 radical (unpaired) electrons. The predicted octanol–water partition coefficient (Wildman–Crippen LogP) is 1.30. The van der Waals surface area contributed by atoms with Gasteiger partial charge in [0.1, 0.15) is 0 Å². The van der Waals surface area contributed by atoms with Gasteiger partial charge in [-0.2, -0.15) is 0 Å². The van der Waals surface area contributed by atoms with Crippen molar-refractivity contribution in [3.8, 4) is 0 Å². The van der Waals surface area contributed by atoms with Gasteiger partial charge in [-0.3, -0.25) is 4.79 Å². The second kappa shape index (κ2) is 10.7. The summed E-state index contributed by atoms with van der Waals surface area (Å²) >= 11 is 0. The number of guanidine groups is 1. The van der Waals surface area contributed by atoms with Gasteiger partial charge in [0.15, 0.2) is 5.96 Å². The van der Waals surface area contributed by atoms with Crippen LogP contribution in [0.3, 0.4) is 0 Å². The number of hydrogen-bond acceptors (Lipinski definition) is 3. The van der Waals surface area contributed by atoms with Crippen LogP contribution in [0.25, 0.3) is 0 Å². The molecule has 0 atom stereocenters. The number of amides is 1. The van der Waals surface area contributed by atoms with Crippen LogP contribution < -0.4 is 10.6 Å². The Morgan fingerprint density at radius 2 is 1.84 bits per heavy atom. The van der Waals surface area contributed by atoms with Gasteiger partial charge in [-0.05, 0) is 31.5 Å². The van der Waals surface area contributed by atoms with Crippen LogP contribution in [0.4, 0.5) is 0 Å². The van der Waals surface area contributed by atoms with E-state index >= 15 is 0 Å². The van der Waals surface area contributed by atoms with Crippen molar-refractivity contribution in [2.75, 3.05) is 46.8 Å². The molecular formula is C19H31N5O. The van der Waals surface area contributed by atoms with E-state index in [0.29, 0.717) is 12.5 Å². The number of nitrogens with one attached hydrogen (secondary N) is 2. The van der Waals surface area contributed by atoms with E-state index in [1.165, 1.54) is 32.4 Å². The average molecular weight is 345 g/mol. The Morgan fingerprint density at radius 1 is 1.12 bits per heavy atom. The Balaban J connectivity index is 1.84. The number of piperidine rings is 1. The zero-order valence-corrected chi connectivity index (χ0v) is 15.5. The number of carbonyl (C=O) groups excluding carboxylic acids is 1. The minimum absolute atomic E-state index is 0.0326. The third kappa shape index (κ3) is 7.56. The molecule has 6 nitrogen and oxygen atoms in total. The minimum atomic E-state index is 0.0326. The molecule has 0 unspecified atom stereocenters. The van der Waals surface area contributed by atoms with Gasteiger partial charge in [0.25, 0.3) is 0 Å². The van der Waals surface area contributed by atoms with Crippen LogP contribution in [0.2, 0.25) is 0 Å². The van der Waals surface area contributed by atoms with Gasteiger partial charge in [-0.1, -0.05) is 36.8 Å². The summed E-state index contributed by atoms with van der Waals surface area (Å²) in [6.45, 7) is 5.05. The summed E-state index contributed by atoms with van der Waals surface area (Å²) in [5.74, 6) is 0.723. The zero-order chi connectivity index (χ0) is 17.9. The van der Waals surface area contributed by atoms with E-state index in [4.69, 9.17) is 0 Å². The number of benzene rings is 1. The summed E-state index contributed by atoms with van der Waals surface area (Å²) in [6, 6.07) is 10.1. The predicted molar refractivity (Wildman–Crippen MR) is 103 cm³/mol. The molecule has 1 heterocycles. The summed E-state index contributed by atoms with van der Waals surface area (Å²) in [7, 11) is 3.52. The van der Waals surface area contributed by atoms with Gasteiger partial charge in [0, 0.05) is 27.2 Å². The summed E-state index contributed by atoms with van der Waals surface area (Å²) < 4.78 is 0. The topological polar surface area (TPSA) is 60.0 Å². The van der Waals surface area contributed by atoms with E-state index in [-0.39, 0.29) is 12.5 Å². The molecule has 1 amide bonds. The standard InChI is InChI=1S/C19H31N5O/c1-23(2)18(25)16-22-19(21-15-17-9-5-3-6-10-17)20-11-14-24-12-7-4-8-13-24/h3,5-6,9-10H,4,7-8,11-16H2,1-2H3,(H2,20,21,22). The lowest BCUT2D eigenvalue weighted by molar-refractivity contribution is -0.127. The van der Waals surface area contributed by atoms with Crippen LogP contribution in [0.15, 0.2) is 35.3 Å². The van der Waals surface area contributed by atoms with Crippen molar-refractivity contribution in [3.05, 3.63) is 35.9 Å². The first-order valence-electron chi connectivity index (χ1n) is 9.14. The maximum atomic E-state index is 11.8. The molecule has 0 aromatic heterocycles. The van der Waals surface area contributed by atoms with Gasteiger partial charge >= 0.3 is 0 Å². The first-order chi connectivity index (χ1) is 12.1. The first kappa shape index (κ1) is 19.2. The molecule has 1 aliphatic rings. The lowest BCUT2D eigenvalue weighted by Gasteiger charge is -2.26. The van der Waals surface area contributed by atoms with Crippen LogP contribution in [0.5, 0.6) is 0 Å². The molecular weight excluding hydrogens is 314 g/mol. The number of carbonyl (C=O) groups is 1. The molecule has 6 heteroatoms. The Morgan fingerprint density at radius 3 is 2.52 bits per heavy atom. The first-order valence-corrected chi connectivity index (χ1v) is 9.14. The van der Waals surface area contributed by atoms with E-state index in [1.54, 1.807) is 19.0 Å². The Bertz CT molecular complexity index is 538. The number of hydrogen-bond donors (Lipinski definition) is 2. The van der Waals surface area contributed by atoms with E-state index < -0.39 is 0 Å². The SMILES string of the molecule is CN(C)C(=O)CNC(=NCc1ccccc1)NCCN1CCCCC1. The van der Waals surface area contributed by atoms with Crippen molar-refractivity contribution >= 4 is 11.9 Å². The van der Waals surface area contributed by atoms with Crippen molar-refractivity contribution in [2.24, 2.45) is 4.99 Å². The van der Waals surface area contributed by atoms with Crippen LogP contribution in [-0.4, -0.2) is 68.5 Å². The normalized spacial score (nSPS) is 15.7. The maximum Gasteiger partial charge on any atom is 0.241 e. The minimum Gasteiger partial charge on any atom is -0.355 e. The number of likely N-dealkylation sites (N-methyl/N-ethyl adjacent to an activating group) is 1. The molecule has 1 fully saturated rings. The van der Waals surface area contributed by atoms with Crippen LogP contribution in [0, 0.1) is 0 Å². The highest BCUT2D eigenvalue weighted by atomic mass is 16.2. The number of likely N-dealkylation sites (tertiary alicyclic amines) is 1. The second-order valence-electron chi connectivity index (χ2n) is 6.62. The summed E-state index contributed by atoms with van der Waals surface area (Å²) in [5, 5.41) is 6.50. The Hall–Kier alpha value is -2.08. The quantitative estimate of drug-likeness (QED) is 0.578. The van der Waals surface area contributed by atoms with Gasteiger partial charge in [0.2, 0.25) is 5.91 Å². The second-order valence-corrected chi connectivity index (χ2v) is 6.62. The molecule has 1 saturated heterocycles. The smallest absolute Gasteiger partial charge is 0.241 e. The molecule has 138 valence electrons. The molecule has 1 aromatic rings. The van der Waals surface area contributed by atoms with Gasteiger partial charge in [-0.25, -0.2) is 4.99 Å². The highest BCUT2D eigenvalue weighted by molar-refractivity contribution is 5.86.